The number of hydrogen-bond acceptors (Lipinski definition) is 2. The lowest BCUT2D eigenvalue weighted by molar-refractivity contribution is -0.138. The minimum atomic E-state index is -1.01. The molecular formula is C9H16O2. The summed E-state index contributed by atoms with van der Waals surface area (Å²) in [6.07, 6.45) is 1.61. The molecule has 0 amide bonds. The van der Waals surface area contributed by atoms with Crippen molar-refractivity contribution in [3.8, 4) is 0 Å². The van der Waals surface area contributed by atoms with Crippen molar-refractivity contribution in [3.05, 3.63) is 0 Å². The highest BCUT2D eigenvalue weighted by Crippen LogP contribution is 2.39. The molecule has 1 fully saturated rings. The topological polar surface area (TPSA) is 37.3 Å². The van der Waals surface area contributed by atoms with Crippen LogP contribution in [0.5, 0.6) is 0 Å². The fraction of sp³-hybridized carbons (Fsp3) is 0.889. The van der Waals surface area contributed by atoms with E-state index in [0.717, 1.165) is 6.42 Å². The lowest BCUT2D eigenvalue weighted by Gasteiger charge is -2.23. The minimum absolute atomic E-state index is 0.0747. The predicted molar refractivity (Wildman–Crippen MR) is 43.2 cm³/mol. The van der Waals surface area contributed by atoms with Gasteiger partial charge in [-0.15, -0.1) is 0 Å². The second-order valence-electron chi connectivity index (χ2n) is 3.93. The largest absolute Gasteiger partial charge is 0.382 e. The summed E-state index contributed by atoms with van der Waals surface area (Å²) in [5.41, 5.74) is -1.01. The Balaban J connectivity index is 2.79. The molecule has 0 spiro atoms. The van der Waals surface area contributed by atoms with E-state index in [4.69, 9.17) is 0 Å². The molecule has 1 rings (SSSR count). The molecule has 0 aliphatic heterocycles. The number of Topliss-reactive ketones (excluding diaryl/α,β-unsaturated/α-hetero) is 1. The molecule has 2 heteroatoms. The normalized spacial score (nSPS) is 44.4. The number of carbonyl (C=O) groups is 1. The third-order valence-electron chi connectivity index (χ3n) is 2.84. The van der Waals surface area contributed by atoms with Crippen LogP contribution in [-0.2, 0) is 4.79 Å². The number of aliphatic hydroxyl groups is 1. The monoisotopic (exact) mass is 156 g/mol. The van der Waals surface area contributed by atoms with Gasteiger partial charge in [-0.3, -0.25) is 4.79 Å². The van der Waals surface area contributed by atoms with Gasteiger partial charge in [-0.1, -0.05) is 13.8 Å². The van der Waals surface area contributed by atoms with Crippen LogP contribution in [0.3, 0.4) is 0 Å². The van der Waals surface area contributed by atoms with E-state index in [1.54, 1.807) is 0 Å². The molecule has 1 N–H and O–H groups in total. The van der Waals surface area contributed by atoms with Crippen molar-refractivity contribution in [2.75, 3.05) is 0 Å². The van der Waals surface area contributed by atoms with E-state index in [-0.39, 0.29) is 11.7 Å². The zero-order chi connectivity index (χ0) is 8.65. The zero-order valence-corrected chi connectivity index (χ0v) is 7.42. The maximum atomic E-state index is 11.1. The van der Waals surface area contributed by atoms with Gasteiger partial charge in [0.1, 0.15) is 5.60 Å². The summed E-state index contributed by atoms with van der Waals surface area (Å²) in [7, 11) is 0. The fourth-order valence-corrected chi connectivity index (χ4v) is 2.11. The summed E-state index contributed by atoms with van der Waals surface area (Å²) in [6.45, 7) is 5.51. The SMILES string of the molecule is CC(=O)C1(O)CC(C)CC1C. The first-order valence-corrected chi connectivity index (χ1v) is 4.20. The Kier molecular flexibility index (Phi) is 2.06. The molecule has 11 heavy (non-hydrogen) atoms. The van der Waals surface area contributed by atoms with E-state index >= 15 is 0 Å². The van der Waals surface area contributed by atoms with Crippen LogP contribution in [0.4, 0.5) is 0 Å². The van der Waals surface area contributed by atoms with Crippen molar-refractivity contribution < 1.29 is 9.90 Å². The number of rotatable bonds is 1. The quantitative estimate of drug-likeness (QED) is 0.622. The van der Waals surface area contributed by atoms with E-state index in [1.807, 2.05) is 6.92 Å². The summed E-state index contributed by atoms with van der Waals surface area (Å²) in [5.74, 6) is 0.545. The molecule has 3 atom stereocenters. The highest BCUT2D eigenvalue weighted by molar-refractivity contribution is 5.85. The zero-order valence-electron chi connectivity index (χ0n) is 7.42. The van der Waals surface area contributed by atoms with Gasteiger partial charge in [0.2, 0.25) is 0 Å². The number of ketones is 1. The Bertz CT molecular complexity index is 176. The number of hydrogen-bond donors (Lipinski definition) is 1. The maximum Gasteiger partial charge on any atom is 0.161 e. The predicted octanol–water partition coefficient (Wildman–Crippen LogP) is 1.37. The molecule has 0 radical (unpaired) electrons. The van der Waals surface area contributed by atoms with Crippen molar-refractivity contribution in [2.24, 2.45) is 11.8 Å². The third-order valence-corrected chi connectivity index (χ3v) is 2.84. The van der Waals surface area contributed by atoms with E-state index in [1.165, 1.54) is 6.92 Å². The molecule has 0 aromatic carbocycles. The van der Waals surface area contributed by atoms with Crippen molar-refractivity contribution in [3.63, 3.8) is 0 Å². The average molecular weight is 156 g/mol. The molecule has 0 saturated heterocycles. The van der Waals surface area contributed by atoms with Gasteiger partial charge in [-0.2, -0.15) is 0 Å². The maximum absolute atomic E-state index is 11.1. The Labute approximate surface area is 67.6 Å². The standard InChI is InChI=1S/C9H16O2/c1-6-4-7(2)9(11,5-6)8(3)10/h6-7,11H,4-5H2,1-3H3. The second-order valence-corrected chi connectivity index (χ2v) is 3.93. The first-order chi connectivity index (χ1) is 4.97. The van der Waals surface area contributed by atoms with Crippen LogP contribution in [0, 0.1) is 11.8 Å². The Morgan fingerprint density at radius 2 is 2.09 bits per heavy atom. The van der Waals surface area contributed by atoms with Crippen LogP contribution >= 0.6 is 0 Å². The van der Waals surface area contributed by atoms with Crippen LogP contribution < -0.4 is 0 Å². The summed E-state index contributed by atoms with van der Waals surface area (Å²) in [6, 6.07) is 0. The van der Waals surface area contributed by atoms with E-state index in [9.17, 15) is 9.90 Å². The Morgan fingerprint density at radius 3 is 2.27 bits per heavy atom. The van der Waals surface area contributed by atoms with Crippen LogP contribution in [-0.4, -0.2) is 16.5 Å². The molecule has 1 aliphatic carbocycles. The van der Waals surface area contributed by atoms with Gasteiger partial charge in [0.05, 0.1) is 0 Å². The summed E-state index contributed by atoms with van der Waals surface area (Å²) >= 11 is 0. The van der Waals surface area contributed by atoms with Gasteiger partial charge < -0.3 is 5.11 Å². The van der Waals surface area contributed by atoms with E-state index in [0.29, 0.717) is 12.3 Å². The molecule has 2 nitrogen and oxygen atoms in total. The highest BCUT2D eigenvalue weighted by atomic mass is 16.3. The molecule has 1 saturated carbocycles. The lowest BCUT2D eigenvalue weighted by atomic mass is 9.89. The van der Waals surface area contributed by atoms with Crippen molar-refractivity contribution in [2.45, 2.75) is 39.2 Å². The van der Waals surface area contributed by atoms with Crippen LogP contribution in [0.1, 0.15) is 33.6 Å². The van der Waals surface area contributed by atoms with Crippen LogP contribution in [0.25, 0.3) is 0 Å². The summed E-state index contributed by atoms with van der Waals surface area (Å²) < 4.78 is 0. The van der Waals surface area contributed by atoms with Gasteiger partial charge in [0.15, 0.2) is 5.78 Å². The molecule has 0 aromatic rings. The number of carbonyl (C=O) groups excluding carboxylic acids is 1. The second kappa shape index (κ2) is 2.59. The van der Waals surface area contributed by atoms with Crippen molar-refractivity contribution >= 4 is 5.78 Å². The minimum Gasteiger partial charge on any atom is -0.382 e. The fourth-order valence-electron chi connectivity index (χ4n) is 2.11. The van der Waals surface area contributed by atoms with Crippen LogP contribution in [0.2, 0.25) is 0 Å². The molecular weight excluding hydrogens is 140 g/mol. The smallest absolute Gasteiger partial charge is 0.161 e. The first kappa shape index (κ1) is 8.72. The Hall–Kier alpha value is -0.370. The van der Waals surface area contributed by atoms with Crippen LogP contribution in [0.15, 0.2) is 0 Å². The van der Waals surface area contributed by atoms with Gasteiger partial charge in [0, 0.05) is 0 Å². The molecule has 1 aliphatic rings. The summed E-state index contributed by atoms with van der Waals surface area (Å²) in [5, 5.41) is 9.86. The molecule has 0 bridgehead atoms. The van der Waals surface area contributed by atoms with Gasteiger partial charge in [-0.05, 0) is 31.6 Å². The van der Waals surface area contributed by atoms with Crippen molar-refractivity contribution in [1.29, 1.82) is 0 Å². The Morgan fingerprint density at radius 1 is 1.55 bits per heavy atom. The lowest BCUT2D eigenvalue weighted by Crippen LogP contribution is -2.39. The highest BCUT2D eigenvalue weighted by Gasteiger charge is 2.45. The summed E-state index contributed by atoms with van der Waals surface area (Å²) in [4.78, 5) is 11.1. The third kappa shape index (κ3) is 1.32. The van der Waals surface area contributed by atoms with E-state index in [2.05, 4.69) is 6.92 Å². The molecule has 0 aromatic heterocycles. The van der Waals surface area contributed by atoms with Gasteiger partial charge in [0.25, 0.3) is 0 Å². The van der Waals surface area contributed by atoms with E-state index < -0.39 is 5.60 Å². The van der Waals surface area contributed by atoms with Gasteiger partial charge >= 0.3 is 0 Å². The average Bonchev–Trinajstić information content (AvgIpc) is 2.08. The molecule has 3 unspecified atom stereocenters. The van der Waals surface area contributed by atoms with Crippen molar-refractivity contribution in [1.82, 2.24) is 0 Å². The van der Waals surface area contributed by atoms with Gasteiger partial charge in [-0.25, -0.2) is 0 Å². The molecule has 0 heterocycles. The first-order valence-electron chi connectivity index (χ1n) is 4.20. The molecule has 64 valence electrons.